The van der Waals surface area contributed by atoms with Crippen LogP contribution in [0.3, 0.4) is 0 Å². The number of benzene rings is 2. The minimum Gasteiger partial charge on any atom is -0.497 e. The molecule has 0 aliphatic heterocycles. The van der Waals surface area contributed by atoms with Gasteiger partial charge in [-0.15, -0.1) is 0 Å². The van der Waals surface area contributed by atoms with Crippen molar-refractivity contribution in [2.24, 2.45) is 10.9 Å². The highest BCUT2D eigenvalue weighted by molar-refractivity contribution is 5.99. The number of nitrogens with two attached hydrogens (primary N) is 1. The van der Waals surface area contributed by atoms with E-state index in [9.17, 15) is 4.39 Å². The van der Waals surface area contributed by atoms with Crippen molar-refractivity contribution in [2.75, 3.05) is 7.11 Å². The highest BCUT2D eigenvalue weighted by Crippen LogP contribution is 2.21. The summed E-state index contributed by atoms with van der Waals surface area (Å²) >= 11 is 0. The van der Waals surface area contributed by atoms with E-state index in [1.807, 2.05) is 24.3 Å². The number of methoxy groups -OCH3 is 1. The summed E-state index contributed by atoms with van der Waals surface area (Å²) in [6.07, 6.45) is 0. The Bertz CT molecular complexity index is 642. The third-order valence-electron chi connectivity index (χ3n) is 2.88. The maximum absolute atomic E-state index is 13.2. The van der Waals surface area contributed by atoms with Crippen LogP contribution in [0.1, 0.15) is 11.1 Å². The summed E-state index contributed by atoms with van der Waals surface area (Å²) in [5, 5.41) is 11.6. The Morgan fingerprint density at radius 1 is 1.24 bits per heavy atom. The van der Waals surface area contributed by atoms with Crippen LogP contribution < -0.4 is 15.2 Å². The zero-order valence-corrected chi connectivity index (χ0v) is 11.4. The molecule has 0 unspecified atom stereocenters. The van der Waals surface area contributed by atoms with E-state index < -0.39 is 5.82 Å². The quantitative estimate of drug-likeness (QED) is 0.384. The molecule has 3 N–H and O–H groups in total. The van der Waals surface area contributed by atoms with Gasteiger partial charge in [-0.05, 0) is 35.9 Å². The second kappa shape index (κ2) is 6.60. The fourth-order valence-electron chi connectivity index (χ4n) is 1.76. The van der Waals surface area contributed by atoms with Gasteiger partial charge in [0.25, 0.3) is 0 Å². The normalized spacial score (nSPS) is 11.2. The number of oxime groups is 1. The molecule has 0 heterocycles. The lowest BCUT2D eigenvalue weighted by molar-refractivity contribution is 0.302. The molecule has 0 saturated heterocycles. The molecule has 0 aliphatic rings. The predicted octanol–water partition coefficient (Wildman–Crippen LogP) is 2.51. The molecule has 0 atom stereocenters. The Labute approximate surface area is 121 Å². The second-order valence-electron chi connectivity index (χ2n) is 4.26. The number of rotatable bonds is 5. The second-order valence-corrected chi connectivity index (χ2v) is 4.26. The van der Waals surface area contributed by atoms with E-state index in [2.05, 4.69) is 5.16 Å². The first-order chi connectivity index (χ1) is 10.1. The van der Waals surface area contributed by atoms with Gasteiger partial charge >= 0.3 is 0 Å². The van der Waals surface area contributed by atoms with E-state index in [0.29, 0.717) is 5.75 Å². The van der Waals surface area contributed by atoms with Crippen LogP contribution in [0.2, 0.25) is 0 Å². The Morgan fingerprint density at radius 2 is 1.95 bits per heavy atom. The molecule has 6 heteroatoms. The molecular formula is C15H15FN2O3. The molecule has 0 fully saturated rings. The molecule has 0 saturated carbocycles. The zero-order valence-electron chi connectivity index (χ0n) is 11.4. The monoisotopic (exact) mass is 290 g/mol. The van der Waals surface area contributed by atoms with Gasteiger partial charge in [0.05, 0.1) is 12.7 Å². The number of ether oxygens (including phenoxy) is 2. The molecule has 0 radical (unpaired) electrons. The fraction of sp³-hybridized carbons (Fsp3) is 0.133. The molecule has 2 aromatic carbocycles. The lowest BCUT2D eigenvalue weighted by Gasteiger charge is -2.11. The van der Waals surface area contributed by atoms with Crippen molar-refractivity contribution in [3.63, 3.8) is 0 Å². The topological polar surface area (TPSA) is 77.1 Å². The summed E-state index contributed by atoms with van der Waals surface area (Å²) < 4.78 is 23.9. The Morgan fingerprint density at radius 3 is 2.57 bits per heavy atom. The van der Waals surface area contributed by atoms with E-state index in [0.717, 1.165) is 17.4 Å². The van der Waals surface area contributed by atoms with E-state index in [-0.39, 0.29) is 18.0 Å². The van der Waals surface area contributed by atoms with Crippen molar-refractivity contribution in [3.05, 3.63) is 59.4 Å². The van der Waals surface area contributed by atoms with Crippen molar-refractivity contribution in [2.45, 2.75) is 6.61 Å². The molecule has 0 aromatic heterocycles. The Hall–Kier alpha value is -2.76. The zero-order chi connectivity index (χ0) is 15.2. The van der Waals surface area contributed by atoms with Gasteiger partial charge in [0.1, 0.15) is 23.9 Å². The minimum atomic E-state index is -0.492. The molecule has 0 amide bonds. The third kappa shape index (κ3) is 3.62. The average Bonchev–Trinajstić information content (AvgIpc) is 2.53. The standard InChI is InChI=1S/C15H15FN2O3/c1-20-12-5-2-10(3-6-12)9-21-14-7-4-11(16)8-13(14)15(17)18-19/h2-8,19H,9H2,1H3,(H2,17,18). The van der Waals surface area contributed by atoms with Gasteiger partial charge in [-0.1, -0.05) is 17.3 Å². The minimum absolute atomic E-state index is 0.200. The summed E-state index contributed by atoms with van der Waals surface area (Å²) in [6, 6.07) is 11.2. The lowest BCUT2D eigenvalue weighted by Crippen LogP contribution is -2.15. The Balaban J connectivity index is 2.15. The molecule has 5 nitrogen and oxygen atoms in total. The molecule has 2 aromatic rings. The Kier molecular flexibility index (Phi) is 4.61. The van der Waals surface area contributed by atoms with E-state index in [4.69, 9.17) is 20.4 Å². The first-order valence-corrected chi connectivity index (χ1v) is 6.17. The highest BCUT2D eigenvalue weighted by Gasteiger charge is 2.10. The number of halogens is 1. The SMILES string of the molecule is COc1ccc(COc2ccc(F)cc2C(N)=NO)cc1. The number of amidine groups is 1. The van der Waals surface area contributed by atoms with Gasteiger partial charge in [-0.2, -0.15) is 0 Å². The van der Waals surface area contributed by atoms with Crippen LogP contribution in [0, 0.1) is 5.82 Å². The molecule has 0 bridgehead atoms. The summed E-state index contributed by atoms with van der Waals surface area (Å²) in [4.78, 5) is 0. The van der Waals surface area contributed by atoms with Crippen LogP contribution >= 0.6 is 0 Å². The highest BCUT2D eigenvalue weighted by atomic mass is 19.1. The molecule has 0 aliphatic carbocycles. The van der Waals surface area contributed by atoms with Crippen molar-refractivity contribution in [1.82, 2.24) is 0 Å². The van der Waals surface area contributed by atoms with E-state index >= 15 is 0 Å². The van der Waals surface area contributed by atoms with Gasteiger partial charge in [-0.25, -0.2) is 4.39 Å². The van der Waals surface area contributed by atoms with Gasteiger partial charge in [0.2, 0.25) is 0 Å². The number of hydrogen-bond donors (Lipinski definition) is 2. The summed E-state index contributed by atoms with van der Waals surface area (Å²) in [6.45, 7) is 0.265. The molecule has 21 heavy (non-hydrogen) atoms. The van der Waals surface area contributed by atoms with Crippen LogP contribution in [0.25, 0.3) is 0 Å². The third-order valence-corrected chi connectivity index (χ3v) is 2.88. The summed E-state index contributed by atoms with van der Waals surface area (Å²) in [5.41, 5.74) is 6.62. The maximum Gasteiger partial charge on any atom is 0.173 e. The molecule has 2 rings (SSSR count). The smallest absolute Gasteiger partial charge is 0.173 e. The number of hydrogen-bond acceptors (Lipinski definition) is 4. The summed E-state index contributed by atoms with van der Waals surface area (Å²) in [5.74, 6) is 0.382. The van der Waals surface area contributed by atoms with Gasteiger partial charge < -0.3 is 20.4 Å². The lowest BCUT2D eigenvalue weighted by atomic mass is 10.1. The van der Waals surface area contributed by atoms with Crippen LogP contribution in [0.5, 0.6) is 11.5 Å². The molecule has 110 valence electrons. The van der Waals surface area contributed by atoms with Gasteiger partial charge in [-0.3, -0.25) is 0 Å². The fourth-order valence-corrected chi connectivity index (χ4v) is 1.76. The van der Waals surface area contributed by atoms with Gasteiger partial charge in [0.15, 0.2) is 5.84 Å². The van der Waals surface area contributed by atoms with Crippen LogP contribution in [0.4, 0.5) is 4.39 Å². The molecular weight excluding hydrogens is 275 g/mol. The predicted molar refractivity (Wildman–Crippen MR) is 76.2 cm³/mol. The van der Waals surface area contributed by atoms with Crippen molar-refractivity contribution < 1.29 is 19.1 Å². The first-order valence-electron chi connectivity index (χ1n) is 6.17. The van der Waals surface area contributed by atoms with E-state index in [1.54, 1.807) is 7.11 Å². The van der Waals surface area contributed by atoms with Crippen LogP contribution in [0.15, 0.2) is 47.6 Å². The maximum atomic E-state index is 13.2. The number of nitrogens with zero attached hydrogens (tertiary/aromatic N) is 1. The van der Waals surface area contributed by atoms with Crippen LogP contribution in [-0.2, 0) is 6.61 Å². The van der Waals surface area contributed by atoms with Crippen LogP contribution in [-0.4, -0.2) is 18.2 Å². The summed E-state index contributed by atoms with van der Waals surface area (Å²) in [7, 11) is 1.59. The van der Waals surface area contributed by atoms with Crippen molar-refractivity contribution in [1.29, 1.82) is 0 Å². The van der Waals surface area contributed by atoms with Gasteiger partial charge in [0, 0.05) is 0 Å². The molecule has 0 spiro atoms. The first kappa shape index (κ1) is 14.6. The van der Waals surface area contributed by atoms with E-state index in [1.165, 1.54) is 12.1 Å². The van der Waals surface area contributed by atoms with Crippen molar-refractivity contribution in [3.8, 4) is 11.5 Å². The van der Waals surface area contributed by atoms with Crippen molar-refractivity contribution >= 4 is 5.84 Å². The average molecular weight is 290 g/mol. The largest absolute Gasteiger partial charge is 0.497 e.